The predicted octanol–water partition coefficient (Wildman–Crippen LogP) is 0.556. The first-order valence-electron chi connectivity index (χ1n) is 5.00. The van der Waals surface area contributed by atoms with Crippen molar-refractivity contribution in [3.63, 3.8) is 0 Å². The SMILES string of the molecule is O[C@@H]1C(c2ccccc2)=C[C@H](O)C[C@@H]1O. The first-order valence-corrected chi connectivity index (χ1v) is 5.00. The first-order chi connectivity index (χ1) is 7.18. The maximum absolute atomic E-state index is 9.78. The molecular weight excluding hydrogens is 192 g/mol. The van der Waals surface area contributed by atoms with Gasteiger partial charge in [-0.2, -0.15) is 0 Å². The molecule has 0 aliphatic heterocycles. The average Bonchev–Trinajstić information content (AvgIpc) is 2.24. The Morgan fingerprint density at radius 2 is 1.67 bits per heavy atom. The Morgan fingerprint density at radius 1 is 1.00 bits per heavy atom. The highest BCUT2D eigenvalue weighted by molar-refractivity contribution is 5.70. The van der Waals surface area contributed by atoms with Gasteiger partial charge in [0.25, 0.3) is 0 Å². The van der Waals surface area contributed by atoms with Gasteiger partial charge in [-0.25, -0.2) is 0 Å². The van der Waals surface area contributed by atoms with E-state index in [1.54, 1.807) is 6.08 Å². The minimum absolute atomic E-state index is 0.192. The highest BCUT2D eigenvalue weighted by atomic mass is 16.3. The third kappa shape index (κ3) is 2.09. The van der Waals surface area contributed by atoms with Gasteiger partial charge in [-0.15, -0.1) is 0 Å². The van der Waals surface area contributed by atoms with Crippen molar-refractivity contribution < 1.29 is 15.3 Å². The van der Waals surface area contributed by atoms with Crippen LogP contribution in [-0.2, 0) is 0 Å². The molecular formula is C12H14O3. The smallest absolute Gasteiger partial charge is 0.105 e. The zero-order valence-electron chi connectivity index (χ0n) is 8.24. The third-order valence-corrected chi connectivity index (χ3v) is 2.65. The van der Waals surface area contributed by atoms with Gasteiger partial charge < -0.3 is 15.3 Å². The summed E-state index contributed by atoms with van der Waals surface area (Å²) in [5.41, 5.74) is 1.43. The third-order valence-electron chi connectivity index (χ3n) is 2.65. The van der Waals surface area contributed by atoms with Crippen LogP contribution in [0, 0.1) is 0 Å². The Morgan fingerprint density at radius 3 is 2.33 bits per heavy atom. The van der Waals surface area contributed by atoms with E-state index >= 15 is 0 Å². The molecule has 1 aliphatic rings. The second kappa shape index (κ2) is 4.14. The molecule has 1 aromatic rings. The maximum atomic E-state index is 9.78. The van der Waals surface area contributed by atoms with Gasteiger partial charge in [-0.3, -0.25) is 0 Å². The molecule has 3 nitrogen and oxygen atoms in total. The number of hydrogen-bond donors (Lipinski definition) is 3. The summed E-state index contributed by atoms with van der Waals surface area (Å²) in [6.07, 6.45) is -0.681. The summed E-state index contributed by atoms with van der Waals surface area (Å²) in [5, 5.41) is 28.8. The van der Waals surface area contributed by atoms with Gasteiger partial charge in [-0.05, 0) is 17.2 Å². The number of hydrogen-bond acceptors (Lipinski definition) is 3. The zero-order chi connectivity index (χ0) is 10.8. The molecule has 2 rings (SSSR count). The van der Waals surface area contributed by atoms with Gasteiger partial charge in [0.05, 0.1) is 12.2 Å². The van der Waals surface area contributed by atoms with Crippen LogP contribution in [0.1, 0.15) is 12.0 Å². The Kier molecular flexibility index (Phi) is 2.86. The normalized spacial score (nSPS) is 31.1. The Balaban J connectivity index is 2.35. The van der Waals surface area contributed by atoms with E-state index in [0.717, 1.165) is 5.56 Å². The quantitative estimate of drug-likeness (QED) is 0.629. The van der Waals surface area contributed by atoms with Gasteiger partial charge in [0, 0.05) is 6.42 Å². The molecule has 0 amide bonds. The second-order valence-electron chi connectivity index (χ2n) is 3.80. The fourth-order valence-electron chi connectivity index (χ4n) is 1.86. The van der Waals surface area contributed by atoms with Crippen molar-refractivity contribution in [3.05, 3.63) is 42.0 Å². The molecule has 0 bridgehead atoms. The van der Waals surface area contributed by atoms with Crippen LogP contribution < -0.4 is 0 Å². The van der Waals surface area contributed by atoms with Crippen LogP contribution >= 0.6 is 0 Å². The van der Waals surface area contributed by atoms with Gasteiger partial charge in [-0.1, -0.05) is 30.3 Å². The topological polar surface area (TPSA) is 60.7 Å². The largest absolute Gasteiger partial charge is 0.390 e. The van der Waals surface area contributed by atoms with Crippen LogP contribution in [-0.4, -0.2) is 33.6 Å². The summed E-state index contributed by atoms with van der Waals surface area (Å²) in [7, 11) is 0. The molecule has 1 aliphatic carbocycles. The summed E-state index contributed by atoms with van der Waals surface area (Å²) in [5.74, 6) is 0. The molecule has 3 heteroatoms. The first kappa shape index (κ1) is 10.4. The molecule has 15 heavy (non-hydrogen) atoms. The van der Waals surface area contributed by atoms with E-state index in [4.69, 9.17) is 0 Å². The Hall–Kier alpha value is -1.16. The van der Waals surface area contributed by atoms with Crippen molar-refractivity contribution in [3.8, 4) is 0 Å². The number of rotatable bonds is 1. The van der Waals surface area contributed by atoms with Crippen molar-refractivity contribution in [2.24, 2.45) is 0 Å². The van der Waals surface area contributed by atoms with Crippen molar-refractivity contribution in [1.29, 1.82) is 0 Å². The van der Waals surface area contributed by atoms with Gasteiger partial charge in [0.1, 0.15) is 6.10 Å². The maximum Gasteiger partial charge on any atom is 0.105 e. The van der Waals surface area contributed by atoms with Crippen molar-refractivity contribution in [2.75, 3.05) is 0 Å². The van der Waals surface area contributed by atoms with Crippen molar-refractivity contribution in [2.45, 2.75) is 24.7 Å². The fraction of sp³-hybridized carbons (Fsp3) is 0.333. The van der Waals surface area contributed by atoms with Gasteiger partial charge >= 0.3 is 0 Å². The van der Waals surface area contributed by atoms with Crippen molar-refractivity contribution >= 4 is 5.57 Å². The lowest BCUT2D eigenvalue weighted by atomic mass is 9.88. The molecule has 80 valence electrons. The number of aliphatic hydroxyl groups is 3. The monoisotopic (exact) mass is 206 g/mol. The highest BCUT2D eigenvalue weighted by Gasteiger charge is 2.28. The number of aliphatic hydroxyl groups excluding tert-OH is 3. The molecule has 0 fully saturated rings. The molecule has 1 aromatic carbocycles. The minimum Gasteiger partial charge on any atom is -0.390 e. The van der Waals surface area contributed by atoms with E-state index < -0.39 is 18.3 Å². The molecule has 0 spiro atoms. The molecule has 0 aromatic heterocycles. The van der Waals surface area contributed by atoms with E-state index in [1.807, 2.05) is 30.3 Å². The van der Waals surface area contributed by atoms with Crippen LogP contribution in [0.25, 0.3) is 5.57 Å². The molecule has 0 radical (unpaired) electrons. The number of benzene rings is 1. The zero-order valence-corrected chi connectivity index (χ0v) is 8.24. The lowest BCUT2D eigenvalue weighted by Crippen LogP contribution is -2.35. The van der Waals surface area contributed by atoms with E-state index in [9.17, 15) is 15.3 Å². The van der Waals surface area contributed by atoms with E-state index in [2.05, 4.69) is 0 Å². The summed E-state index contributed by atoms with van der Waals surface area (Å²) in [4.78, 5) is 0. The summed E-state index contributed by atoms with van der Waals surface area (Å²) in [6.45, 7) is 0. The Labute approximate surface area is 88.3 Å². The molecule has 0 saturated heterocycles. The second-order valence-corrected chi connectivity index (χ2v) is 3.80. The lowest BCUT2D eigenvalue weighted by molar-refractivity contribution is 0.0161. The van der Waals surface area contributed by atoms with Gasteiger partial charge in [0.2, 0.25) is 0 Å². The van der Waals surface area contributed by atoms with E-state index in [-0.39, 0.29) is 6.42 Å². The Bertz CT molecular complexity index is 358. The minimum atomic E-state index is -0.907. The van der Waals surface area contributed by atoms with E-state index in [0.29, 0.717) is 5.57 Å². The average molecular weight is 206 g/mol. The van der Waals surface area contributed by atoms with Crippen LogP contribution in [0.15, 0.2) is 36.4 Å². The highest BCUT2D eigenvalue weighted by Crippen LogP contribution is 2.27. The fourth-order valence-corrected chi connectivity index (χ4v) is 1.86. The molecule has 0 unspecified atom stereocenters. The molecule has 3 N–H and O–H groups in total. The van der Waals surface area contributed by atoms with Crippen LogP contribution in [0.3, 0.4) is 0 Å². The standard InChI is InChI=1S/C12H14O3/c13-9-6-10(12(15)11(14)7-9)8-4-2-1-3-5-8/h1-6,9,11-15H,7H2/t9-,11-,12+/m0/s1. The lowest BCUT2D eigenvalue weighted by Gasteiger charge is -2.27. The van der Waals surface area contributed by atoms with Crippen LogP contribution in [0.2, 0.25) is 0 Å². The molecule has 3 atom stereocenters. The van der Waals surface area contributed by atoms with Crippen molar-refractivity contribution in [1.82, 2.24) is 0 Å². The molecule has 0 saturated carbocycles. The van der Waals surface area contributed by atoms with E-state index in [1.165, 1.54) is 0 Å². The van der Waals surface area contributed by atoms with Crippen LogP contribution in [0.5, 0.6) is 0 Å². The summed E-state index contributed by atoms with van der Waals surface area (Å²) in [6, 6.07) is 9.29. The molecule has 0 heterocycles. The van der Waals surface area contributed by atoms with Crippen LogP contribution in [0.4, 0.5) is 0 Å². The summed E-state index contributed by atoms with van der Waals surface area (Å²) >= 11 is 0. The van der Waals surface area contributed by atoms with Gasteiger partial charge in [0.15, 0.2) is 0 Å². The predicted molar refractivity (Wildman–Crippen MR) is 57.1 cm³/mol. The summed E-state index contributed by atoms with van der Waals surface area (Å²) < 4.78 is 0.